The highest BCUT2D eigenvalue weighted by Gasteiger charge is 2.38. The van der Waals surface area contributed by atoms with Gasteiger partial charge < -0.3 is 10.2 Å². The molecule has 1 atom stereocenters. The van der Waals surface area contributed by atoms with Crippen molar-refractivity contribution < 1.29 is 13.6 Å². The molecule has 0 saturated heterocycles. The molecule has 6 nitrogen and oxygen atoms in total. The van der Waals surface area contributed by atoms with Crippen molar-refractivity contribution >= 4 is 11.9 Å². The lowest BCUT2D eigenvalue weighted by molar-refractivity contribution is -0.128. The van der Waals surface area contributed by atoms with E-state index in [9.17, 15) is 9.18 Å². The second kappa shape index (κ2) is 5.49. The van der Waals surface area contributed by atoms with Crippen LogP contribution in [0.1, 0.15) is 24.7 Å². The zero-order chi connectivity index (χ0) is 17.5. The first-order chi connectivity index (χ1) is 11.3. The van der Waals surface area contributed by atoms with Crippen molar-refractivity contribution in [2.75, 3.05) is 7.05 Å². The number of guanidine groups is 1. The summed E-state index contributed by atoms with van der Waals surface area (Å²) in [6.07, 6.45) is 0.129. The van der Waals surface area contributed by atoms with E-state index in [2.05, 4.69) is 4.99 Å². The van der Waals surface area contributed by atoms with Gasteiger partial charge in [-0.2, -0.15) is 5.26 Å². The second-order valence-corrected chi connectivity index (χ2v) is 5.84. The molecule has 0 saturated carbocycles. The van der Waals surface area contributed by atoms with E-state index in [1.165, 1.54) is 23.1 Å². The quantitative estimate of drug-likeness (QED) is 0.916. The SMILES string of the molecule is CN1C(=O)C[C@@](C)(c2ccc(-c3ccc(F)c(C#N)c3)o2)N=C1N. The zero-order valence-corrected chi connectivity index (χ0v) is 13.2. The molecule has 0 fully saturated rings. The number of nitrogens with two attached hydrogens (primary N) is 1. The Morgan fingerprint density at radius 2 is 2.17 bits per heavy atom. The molecule has 3 rings (SSSR count). The first-order valence-electron chi connectivity index (χ1n) is 7.26. The van der Waals surface area contributed by atoms with Crippen molar-refractivity contribution in [3.05, 3.63) is 47.5 Å². The Hall–Kier alpha value is -3.14. The molecule has 1 amide bonds. The third kappa shape index (κ3) is 2.52. The molecule has 0 aliphatic carbocycles. The molecular formula is C17H15FN4O2. The Bertz CT molecular complexity index is 896. The number of amides is 1. The van der Waals surface area contributed by atoms with Crippen LogP contribution in [-0.2, 0) is 10.3 Å². The van der Waals surface area contributed by atoms with Gasteiger partial charge in [-0.3, -0.25) is 9.69 Å². The Labute approximate surface area is 138 Å². The van der Waals surface area contributed by atoms with Crippen molar-refractivity contribution in [1.82, 2.24) is 4.90 Å². The molecule has 2 N–H and O–H groups in total. The number of furan rings is 1. The van der Waals surface area contributed by atoms with Crippen LogP contribution in [-0.4, -0.2) is 23.8 Å². The second-order valence-electron chi connectivity index (χ2n) is 5.84. The number of rotatable bonds is 2. The first-order valence-corrected chi connectivity index (χ1v) is 7.26. The molecular weight excluding hydrogens is 311 g/mol. The molecule has 7 heteroatoms. The molecule has 0 radical (unpaired) electrons. The van der Waals surface area contributed by atoms with Gasteiger partial charge in [-0.25, -0.2) is 9.38 Å². The normalized spacial score (nSPS) is 20.7. The highest BCUT2D eigenvalue weighted by molar-refractivity contribution is 5.98. The maximum atomic E-state index is 13.4. The van der Waals surface area contributed by atoms with E-state index in [0.717, 1.165) is 0 Å². The minimum Gasteiger partial charge on any atom is -0.458 e. The predicted molar refractivity (Wildman–Crippen MR) is 85.2 cm³/mol. The molecule has 1 aromatic carbocycles. The number of benzene rings is 1. The molecule has 0 spiro atoms. The van der Waals surface area contributed by atoms with Crippen LogP contribution in [0.4, 0.5) is 4.39 Å². The minimum atomic E-state index is -0.899. The van der Waals surface area contributed by atoms with Gasteiger partial charge in [0.15, 0.2) is 5.96 Å². The molecule has 2 aromatic rings. The van der Waals surface area contributed by atoms with E-state index in [1.54, 1.807) is 32.2 Å². The summed E-state index contributed by atoms with van der Waals surface area (Å²) in [6.45, 7) is 1.76. The van der Waals surface area contributed by atoms with Gasteiger partial charge in [0.25, 0.3) is 0 Å². The number of hydrogen-bond acceptors (Lipinski definition) is 5. The van der Waals surface area contributed by atoms with Crippen LogP contribution in [0.15, 0.2) is 39.7 Å². The highest BCUT2D eigenvalue weighted by Crippen LogP contribution is 2.36. The smallest absolute Gasteiger partial charge is 0.231 e. The summed E-state index contributed by atoms with van der Waals surface area (Å²) in [7, 11) is 1.57. The van der Waals surface area contributed by atoms with Gasteiger partial charge in [0, 0.05) is 12.6 Å². The monoisotopic (exact) mass is 326 g/mol. The first kappa shape index (κ1) is 15.7. The van der Waals surface area contributed by atoms with Crippen molar-refractivity contribution in [3.8, 4) is 17.4 Å². The minimum absolute atomic E-state index is 0.0617. The number of halogens is 1. The van der Waals surface area contributed by atoms with Crippen LogP contribution in [0.5, 0.6) is 0 Å². The number of hydrogen-bond donors (Lipinski definition) is 1. The summed E-state index contributed by atoms with van der Waals surface area (Å²) in [4.78, 5) is 17.7. The maximum absolute atomic E-state index is 13.4. The third-order valence-electron chi connectivity index (χ3n) is 4.08. The average Bonchev–Trinajstić information content (AvgIpc) is 3.04. The summed E-state index contributed by atoms with van der Waals surface area (Å²) in [5.41, 5.74) is 5.40. The van der Waals surface area contributed by atoms with E-state index in [4.69, 9.17) is 15.4 Å². The van der Waals surface area contributed by atoms with Gasteiger partial charge in [-0.1, -0.05) is 0 Å². The number of carbonyl (C=O) groups excluding carboxylic acids is 1. The van der Waals surface area contributed by atoms with E-state index in [0.29, 0.717) is 17.1 Å². The number of nitrogens with zero attached hydrogens (tertiary/aromatic N) is 3. The topological polar surface area (TPSA) is 95.6 Å². The van der Waals surface area contributed by atoms with Crippen LogP contribution < -0.4 is 5.73 Å². The van der Waals surface area contributed by atoms with Gasteiger partial charge in [0.1, 0.15) is 28.9 Å². The predicted octanol–water partition coefficient (Wildman–Crippen LogP) is 2.35. The Morgan fingerprint density at radius 1 is 1.42 bits per heavy atom. The van der Waals surface area contributed by atoms with Crippen molar-refractivity contribution in [3.63, 3.8) is 0 Å². The van der Waals surface area contributed by atoms with Crippen LogP contribution in [0, 0.1) is 17.1 Å². The largest absolute Gasteiger partial charge is 0.458 e. The fourth-order valence-corrected chi connectivity index (χ4v) is 2.60. The standard InChI is InChI=1S/C17H15FN4O2/c1-17(8-15(23)22(2)16(20)21-17)14-6-5-13(24-14)10-3-4-12(18)11(7-10)9-19/h3-7H,8H2,1-2H3,(H2,20,21)/t17-/m0/s1. The van der Waals surface area contributed by atoms with E-state index in [1.807, 2.05) is 0 Å². The van der Waals surface area contributed by atoms with E-state index < -0.39 is 11.4 Å². The Kier molecular flexibility index (Phi) is 3.60. The number of carbonyl (C=O) groups is 1. The van der Waals surface area contributed by atoms with E-state index >= 15 is 0 Å². The molecule has 1 aliphatic rings. The average molecular weight is 326 g/mol. The Balaban J connectivity index is 2.00. The summed E-state index contributed by atoms with van der Waals surface area (Å²) >= 11 is 0. The molecule has 1 aliphatic heterocycles. The van der Waals surface area contributed by atoms with Crippen molar-refractivity contribution in [1.29, 1.82) is 5.26 Å². The molecule has 0 unspecified atom stereocenters. The van der Waals surface area contributed by atoms with Gasteiger partial charge in [0.2, 0.25) is 5.91 Å². The lowest BCUT2D eigenvalue weighted by atomic mass is 9.93. The number of nitriles is 1. The fourth-order valence-electron chi connectivity index (χ4n) is 2.60. The fraction of sp³-hybridized carbons (Fsp3) is 0.235. The Morgan fingerprint density at radius 3 is 2.83 bits per heavy atom. The zero-order valence-electron chi connectivity index (χ0n) is 13.2. The molecule has 24 heavy (non-hydrogen) atoms. The molecule has 0 bridgehead atoms. The lowest BCUT2D eigenvalue weighted by Gasteiger charge is -2.31. The van der Waals surface area contributed by atoms with E-state index in [-0.39, 0.29) is 23.9 Å². The molecule has 2 heterocycles. The van der Waals surface area contributed by atoms with Crippen molar-refractivity contribution in [2.45, 2.75) is 18.9 Å². The summed E-state index contributed by atoms with van der Waals surface area (Å²) in [6, 6.07) is 9.36. The molecule has 1 aromatic heterocycles. The van der Waals surface area contributed by atoms with Gasteiger partial charge >= 0.3 is 0 Å². The third-order valence-corrected chi connectivity index (χ3v) is 4.08. The highest BCUT2D eigenvalue weighted by atomic mass is 19.1. The maximum Gasteiger partial charge on any atom is 0.231 e. The summed E-state index contributed by atoms with van der Waals surface area (Å²) in [5, 5.41) is 8.93. The number of aliphatic imine (C=N–C) groups is 1. The van der Waals surface area contributed by atoms with Crippen molar-refractivity contribution in [2.24, 2.45) is 10.7 Å². The summed E-state index contributed by atoms with van der Waals surface area (Å²) < 4.78 is 19.3. The van der Waals surface area contributed by atoms with Gasteiger partial charge in [-0.05, 0) is 37.3 Å². The van der Waals surface area contributed by atoms with Crippen LogP contribution >= 0.6 is 0 Å². The van der Waals surface area contributed by atoms with Crippen LogP contribution in [0.2, 0.25) is 0 Å². The molecule has 122 valence electrons. The van der Waals surface area contributed by atoms with Crippen LogP contribution in [0.25, 0.3) is 11.3 Å². The summed E-state index contributed by atoms with van der Waals surface area (Å²) in [5.74, 6) is 0.322. The lowest BCUT2D eigenvalue weighted by Crippen LogP contribution is -2.47. The van der Waals surface area contributed by atoms with Crippen LogP contribution in [0.3, 0.4) is 0 Å². The van der Waals surface area contributed by atoms with Gasteiger partial charge in [0.05, 0.1) is 12.0 Å². The van der Waals surface area contributed by atoms with Gasteiger partial charge in [-0.15, -0.1) is 0 Å².